The van der Waals surface area contributed by atoms with Gasteiger partial charge in [0.25, 0.3) is 0 Å². The molecule has 0 aliphatic carbocycles. The second-order valence-corrected chi connectivity index (χ2v) is 8.13. The van der Waals surface area contributed by atoms with E-state index in [1.807, 2.05) is 44.3 Å². The smallest absolute Gasteiger partial charge is 0.233 e. The molecule has 4 rings (SSSR count). The first-order valence-electron chi connectivity index (χ1n) is 9.64. The number of carbonyl (C=O) groups is 1. The molecule has 0 N–H and O–H groups in total. The maximum absolute atomic E-state index is 13.5. The number of hydrogen-bond donors (Lipinski definition) is 0. The van der Waals surface area contributed by atoms with E-state index >= 15 is 0 Å². The van der Waals surface area contributed by atoms with Crippen LogP contribution in [0.4, 0.5) is 5.82 Å². The fourth-order valence-electron chi connectivity index (χ4n) is 3.75. The number of rotatable bonds is 5. The Morgan fingerprint density at radius 2 is 1.97 bits per heavy atom. The maximum Gasteiger partial charge on any atom is 0.233 e. The number of amides is 1. The lowest BCUT2D eigenvalue weighted by Gasteiger charge is -2.33. The van der Waals surface area contributed by atoms with Crippen LogP contribution in [0.3, 0.4) is 0 Å². The van der Waals surface area contributed by atoms with Gasteiger partial charge in [0, 0.05) is 43.7 Å². The van der Waals surface area contributed by atoms with E-state index in [4.69, 9.17) is 23.2 Å². The van der Waals surface area contributed by atoms with Crippen LogP contribution >= 0.6 is 23.2 Å². The third-order valence-corrected chi connectivity index (χ3v) is 6.07. The predicted molar refractivity (Wildman–Crippen MR) is 119 cm³/mol. The lowest BCUT2D eigenvalue weighted by atomic mass is 9.87. The number of aromatic nitrogens is 3. The molecule has 1 aromatic carbocycles. The largest absolute Gasteiger partial charge is 0.345 e. The molecule has 0 saturated carbocycles. The summed E-state index contributed by atoms with van der Waals surface area (Å²) < 4.78 is 1.78. The van der Waals surface area contributed by atoms with E-state index in [1.54, 1.807) is 34.1 Å². The molecule has 1 aliphatic rings. The number of aliphatic imine (C=N–C) groups is 1. The number of nitrogens with zero attached hydrogens (tertiary/aromatic N) is 5. The van der Waals surface area contributed by atoms with E-state index < -0.39 is 5.92 Å². The molecule has 0 bridgehead atoms. The summed E-state index contributed by atoms with van der Waals surface area (Å²) in [4.78, 5) is 24.2. The van der Waals surface area contributed by atoms with Crippen LogP contribution in [0.25, 0.3) is 0 Å². The van der Waals surface area contributed by atoms with E-state index in [9.17, 15) is 4.79 Å². The van der Waals surface area contributed by atoms with Gasteiger partial charge in [0.05, 0.1) is 22.3 Å². The van der Waals surface area contributed by atoms with Crippen molar-refractivity contribution >= 4 is 40.6 Å². The first-order valence-corrected chi connectivity index (χ1v) is 10.4. The summed E-state index contributed by atoms with van der Waals surface area (Å²) in [6.45, 7) is 2.44. The van der Waals surface area contributed by atoms with E-state index in [-0.39, 0.29) is 11.9 Å². The monoisotopic (exact) mass is 441 g/mol. The molecule has 3 aromatic rings. The molecule has 2 unspecified atom stereocenters. The molecule has 0 radical (unpaired) electrons. The van der Waals surface area contributed by atoms with Crippen molar-refractivity contribution in [1.29, 1.82) is 0 Å². The fourth-order valence-corrected chi connectivity index (χ4v) is 4.06. The van der Waals surface area contributed by atoms with Gasteiger partial charge in [-0.2, -0.15) is 5.10 Å². The zero-order valence-corrected chi connectivity index (χ0v) is 18.2. The molecule has 0 saturated heterocycles. The molecular weight excluding hydrogens is 421 g/mol. The van der Waals surface area contributed by atoms with Crippen molar-refractivity contribution < 1.29 is 4.79 Å². The van der Waals surface area contributed by atoms with E-state index in [0.717, 1.165) is 17.0 Å². The van der Waals surface area contributed by atoms with E-state index in [0.29, 0.717) is 28.8 Å². The molecule has 3 heterocycles. The zero-order valence-electron chi connectivity index (χ0n) is 16.7. The minimum absolute atomic E-state index is 0.0237. The summed E-state index contributed by atoms with van der Waals surface area (Å²) in [6, 6.07) is 12.7. The first kappa shape index (κ1) is 20.6. The quantitative estimate of drug-likeness (QED) is 0.580. The highest BCUT2D eigenvalue weighted by atomic mass is 35.5. The van der Waals surface area contributed by atoms with Crippen LogP contribution in [0.1, 0.15) is 24.2 Å². The highest BCUT2D eigenvalue weighted by Gasteiger charge is 2.39. The van der Waals surface area contributed by atoms with Gasteiger partial charge in [-0.05, 0) is 36.8 Å². The second kappa shape index (κ2) is 8.58. The Bertz CT molecular complexity index is 1100. The van der Waals surface area contributed by atoms with Crippen molar-refractivity contribution in [2.75, 3.05) is 13.6 Å². The molecule has 2 atom stereocenters. The van der Waals surface area contributed by atoms with Gasteiger partial charge in [0.2, 0.25) is 5.91 Å². The van der Waals surface area contributed by atoms with Crippen LogP contribution in [0.2, 0.25) is 10.0 Å². The number of pyridine rings is 1. The number of fused-ring (bicyclic) bond motifs is 1. The van der Waals surface area contributed by atoms with Crippen molar-refractivity contribution in [2.45, 2.75) is 19.4 Å². The fraction of sp³-hybridized carbons (Fsp3) is 0.273. The first-order chi connectivity index (χ1) is 14.5. The number of likely N-dealkylation sites (N-methyl/N-ethyl adjacent to an activating group) is 1. The lowest BCUT2D eigenvalue weighted by Crippen LogP contribution is -2.43. The molecule has 8 heteroatoms. The van der Waals surface area contributed by atoms with Crippen LogP contribution in [0.15, 0.2) is 59.9 Å². The molecule has 2 aromatic heterocycles. The van der Waals surface area contributed by atoms with Gasteiger partial charge >= 0.3 is 0 Å². The lowest BCUT2D eigenvalue weighted by molar-refractivity contribution is -0.133. The molecule has 0 spiro atoms. The molecule has 30 heavy (non-hydrogen) atoms. The van der Waals surface area contributed by atoms with Gasteiger partial charge < -0.3 is 4.90 Å². The standard InChI is InChI=1S/C22H21Cl2N5O/c1-14-20(22(30)28(2)12-9-16-5-3-4-10-25-16)21(29-19(27-14)8-11-26-29)15-6-7-17(23)18(24)13-15/h3-8,10-11,13,20-21H,9,12H2,1-2H3. The van der Waals surface area contributed by atoms with Gasteiger partial charge in [-0.25, -0.2) is 9.67 Å². The second-order valence-electron chi connectivity index (χ2n) is 7.31. The van der Waals surface area contributed by atoms with Gasteiger partial charge in [-0.15, -0.1) is 0 Å². The zero-order chi connectivity index (χ0) is 21.3. The Kier molecular flexibility index (Phi) is 5.88. The topological polar surface area (TPSA) is 63.4 Å². The third kappa shape index (κ3) is 3.98. The molecule has 6 nitrogen and oxygen atoms in total. The van der Waals surface area contributed by atoms with Crippen LogP contribution in [-0.2, 0) is 11.2 Å². The average molecular weight is 442 g/mol. The van der Waals surface area contributed by atoms with Gasteiger partial charge in [-0.1, -0.05) is 35.3 Å². The van der Waals surface area contributed by atoms with E-state index in [2.05, 4.69) is 15.1 Å². The van der Waals surface area contributed by atoms with Crippen molar-refractivity contribution in [3.8, 4) is 0 Å². The highest BCUT2D eigenvalue weighted by Crippen LogP contribution is 2.38. The summed E-state index contributed by atoms with van der Waals surface area (Å²) in [7, 11) is 1.81. The molecular formula is C22H21Cl2N5O. The SMILES string of the molecule is CC1=Nc2ccnn2C(c2ccc(Cl)c(Cl)c2)C1C(=O)N(C)CCc1ccccn1. The predicted octanol–water partition coefficient (Wildman–Crippen LogP) is 4.60. The Morgan fingerprint density at radius 1 is 1.13 bits per heavy atom. The van der Waals surface area contributed by atoms with Gasteiger partial charge in [-0.3, -0.25) is 9.78 Å². The molecule has 0 fully saturated rings. The highest BCUT2D eigenvalue weighted by molar-refractivity contribution is 6.42. The maximum atomic E-state index is 13.5. The van der Waals surface area contributed by atoms with Crippen molar-refractivity contribution in [2.24, 2.45) is 10.9 Å². The van der Waals surface area contributed by atoms with E-state index in [1.165, 1.54) is 0 Å². The molecule has 1 aliphatic heterocycles. The summed E-state index contributed by atoms with van der Waals surface area (Å²) in [5.41, 5.74) is 2.55. The minimum atomic E-state index is -0.497. The Morgan fingerprint density at radius 3 is 2.70 bits per heavy atom. The number of carbonyl (C=O) groups excluding carboxylic acids is 1. The summed E-state index contributed by atoms with van der Waals surface area (Å²) in [6.07, 6.45) is 4.12. The normalized spacial score (nSPS) is 17.9. The van der Waals surface area contributed by atoms with Crippen LogP contribution in [0, 0.1) is 5.92 Å². The third-order valence-electron chi connectivity index (χ3n) is 5.33. The molecule has 154 valence electrons. The Hall–Kier alpha value is -2.70. The number of benzene rings is 1. The van der Waals surface area contributed by atoms with Crippen LogP contribution in [-0.4, -0.2) is 44.9 Å². The van der Waals surface area contributed by atoms with Crippen molar-refractivity contribution in [3.63, 3.8) is 0 Å². The van der Waals surface area contributed by atoms with Crippen molar-refractivity contribution in [1.82, 2.24) is 19.7 Å². The van der Waals surface area contributed by atoms with Crippen LogP contribution < -0.4 is 0 Å². The Balaban J connectivity index is 1.65. The summed E-state index contributed by atoms with van der Waals surface area (Å²) in [5, 5.41) is 5.35. The summed E-state index contributed by atoms with van der Waals surface area (Å²) in [5.74, 6) is 0.191. The number of hydrogen-bond acceptors (Lipinski definition) is 4. The molecule has 1 amide bonds. The Labute approximate surface area is 185 Å². The van der Waals surface area contributed by atoms with Crippen LogP contribution in [0.5, 0.6) is 0 Å². The average Bonchev–Trinajstić information content (AvgIpc) is 3.21. The van der Waals surface area contributed by atoms with Gasteiger partial charge in [0.1, 0.15) is 5.92 Å². The number of halogens is 2. The van der Waals surface area contributed by atoms with Gasteiger partial charge in [0.15, 0.2) is 5.82 Å². The summed E-state index contributed by atoms with van der Waals surface area (Å²) >= 11 is 12.4. The van der Waals surface area contributed by atoms with Crippen molar-refractivity contribution in [3.05, 3.63) is 76.2 Å². The minimum Gasteiger partial charge on any atom is -0.345 e.